The highest BCUT2D eigenvalue weighted by Crippen LogP contribution is 2.31. The first-order chi connectivity index (χ1) is 5.86. The fourth-order valence-corrected chi connectivity index (χ4v) is 2.91. The maximum atomic E-state index is 3.76. The van der Waals surface area contributed by atoms with Gasteiger partial charge in [-0.1, -0.05) is 19.3 Å². The predicted molar refractivity (Wildman–Crippen MR) is 52.2 cm³/mol. The van der Waals surface area contributed by atoms with Gasteiger partial charge in [-0.05, 0) is 38.5 Å². The van der Waals surface area contributed by atoms with E-state index in [1.807, 2.05) is 0 Å². The first-order valence-electron chi connectivity index (χ1n) is 5.62. The summed E-state index contributed by atoms with van der Waals surface area (Å²) in [6.45, 7) is 2.33. The fraction of sp³-hybridized carbons (Fsp3) is 1.00. The molecule has 1 aliphatic heterocycles. The lowest BCUT2D eigenvalue weighted by Crippen LogP contribution is -2.44. The van der Waals surface area contributed by atoms with Crippen molar-refractivity contribution >= 4 is 0 Å². The molecule has 1 saturated carbocycles. The van der Waals surface area contributed by atoms with Crippen LogP contribution >= 0.6 is 0 Å². The van der Waals surface area contributed by atoms with Gasteiger partial charge in [0, 0.05) is 12.1 Å². The van der Waals surface area contributed by atoms with E-state index in [1.165, 1.54) is 44.9 Å². The van der Waals surface area contributed by atoms with Crippen molar-refractivity contribution in [3.63, 3.8) is 0 Å². The van der Waals surface area contributed by atoms with Crippen LogP contribution in [0, 0.1) is 5.92 Å². The SMILES string of the molecule is C[C@@H]1CCC[C@@H](C2CCCC2)N1. The highest BCUT2D eigenvalue weighted by atomic mass is 15.0. The number of hydrogen-bond donors (Lipinski definition) is 1. The molecule has 0 radical (unpaired) electrons. The van der Waals surface area contributed by atoms with Gasteiger partial charge in [-0.2, -0.15) is 0 Å². The quantitative estimate of drug-likeness (QED) is 0.633. The van der Waals surface area contributed by atoms with Gasteiger partial charge in [0.15, 0.2) is 0 Å². The third kappa shape index (κ3) is 1.82. The Kier molecular flexibility index (Phi) is 2.69. The second-order valence-corrected chi connectivity index (χ2v) is 4.65. The third-order valence-corrected chi connectivity index (χ3v) is 3.62. The molecule has 0 aromatic rings. The Bertz CT molecular complexity index is 138. The van der Waals surface area contributed by atoms with Crippen molar-refractivity contribution in [1.82, 2.24) is 5.32 Å². The van der Waals surface area contributed by atoms with Gasteiger partial charge in [-0.15, -0.1) is 0 Å². The number of nitrogens with one attached hydrogen (secondary N) is 1. The summed E-state index contributed by atoms with van der Waals surface area (Å²) < 4.78 is 0. The van der Waals surface area contributed by atoms with E-state index in [1.54, 1.807) is 0 Å². The molecule has 70 valence electrons. The molecule has 1 nitrogen and oxygen atoms in total. The maximum absolute atomic E-state index is 3.76. The standard InChI is InChI=1S/C11H21N/c1-9-5-4-8-11(12-9)10-6-2-3-7-10/h9-12H,2-8H2,1H3/t9-,11+/m1/s1. The molecule has 0 aromatic carbocycles. The summed E-state index contributed by atoms with van der Waals surface area (Å²) in [5, 5.41) is 3.76. The topological polar surface area (TPSA) is 12.0 Å². The van der Waals surface area contributed by atoms with Crippen LogP contribution in [-0.4, -0.2) is 12.1 Å². The second-order valence-electron chi connectivity index (χ2n) is 4.65. The number of piperidine rings is 1. The predicted octanol–water partition coefficient (Wildman–Crippen LogP) is 2.71. The van der Waals surface area contributed by atoms with Crippen LogP contribution in [0.2, 0.25) is 0 Å². The Balaban J connectivity index is 1.85. The first kappa shape index (κ1) is 8.55. The number of rotatable bonds is 1. The molecule has 0 spiro atoms. The van der Waals surface area contributed by atoms with Crippen LogP contribution in [0.25, 0.3) is 0 Å². The molecule has 2 rings (SSSR count). The Labute approximate surface area is 75.9 Å². The Hall–Kier alpha value is -0.0400. The van der Waals surface area contributed by atoms with Crippen molar-refractivity contribution in [2.24, 2.45) is 5.92 Å². The number of hydrogen-bond acceptors (Lipinski definition) is 1. The monoisotopic (exact) mass is 167 g/mol. The minimum absolute atomic E-state index is 0.782. The van der Waals surface area contributed by atoms with Crippen LogP contribution in [0.15, 0.2) is 0 Å². The van der Waals surface area contributed by atoms with Crippen molar-refractivity contribution in [3.8, 4) is 0 Å². The van der Waals surface area contributed by atoms with Gasteiger partial charge in [0.1, 0.15) is 0 Å². The van der Waals surface area contributed by atoms with Crippen molar-refractivity contribution in [1.29, 1.82) is 0 Å². The van der Waals surface area contributed by atoms with E-state index in [9.17, 15) is 0 Å². The van der Waals surface area contributed by atoms with Crippen LogP contribution in [0.3, 0.4) is 0 Å². The summed E-state index contributed by atoms with van der Waals surface area (Å²) in [6.07, 6.45) is 10.2. The lowest BCUT2D eigenvalue weighted by atomic mass is 9.89. The molecule has 2 atom stereocenters. The zero-order chi connectivity index (χ0) is 8.39. The molecule has 0 amide bonds. The average Bonchev–Trinajstić information content (AvgIpc) is 2.56. The first-order valence-corrected chi connectivity index (χ1v) is 5.62. The van der Waals surface area contributed by atoms with Crippen molar-refractivity contribution in [2.75, 3.05) is 0 Å². The van der Waals surface area contributed by atoms with E-state index in [4.69, 9.17) is 0 Å². The molecule has 1 heterocycles. The molecule has 1 heteroatoms. The van der Waals surface area contributed by atoms with Crippen LogP contribution in [0.1, 0.15) is 51.9 Å². The van der Waals surface area contributed by atoms with Crippen LogP contribution in [0.5, 0.6) is 0 Å². The molecule has 1 N–H and O–H groups in total. The van der Waals surface area contributed by atoms with Crippen LogP contribution in [-0.2, 0) is 0 Å². The van der Waals surface area contributed by atoms with Gasteiger partial charge < -0.3 is 5.32 Å². The van der Waals surface area contributed by atoms with E-state index < -0.39 is 0 Å². The van der Waals surface area contributed by atoms with Crippen molar-refractivity contribution in [3.05, 3.63) is 0 Å². The Morgan fingerprint density at radius 3 is 2.33 bits per heavy atom. The zero-order valence-electron chi connectivity index (χ0n) is 8.18. The summed E-state index contributed by atoms with van der Waals surface area (Å²) in [5.74, 6) is 1.02. The summed E-state index contributed by atoms with van der Waals surface area (Å²) in [4.78, 5) is 0. The zero-order valence-corrected chi connectivity index (χ0v) is 8.18. The molecule has 2 fully saturated rings. The Morgan fingerprint density at radius 1 is 0.917 bits per heavy atom. The Morgan fingerprint density at radius 2 is 1.67 bits per heavy atom. The van der Waals surface area contributed by atoms with Gasteiger partial charge >= 0.3 is 0 Å². The largest absolute Gasteiger partial charge is 0.311 e. The molecular weight excluding hydrogens is 146 g/mol. The van der Waals surface area contributed by atoms with Crippen LogP contribution in [0.4, 0.5) is 0 Å². The van der Waals surface area contributed by atoms with Gasteiger partial charge in [0.2, 0.25) is 0 Å². The van der Waals surface area contributed by atoms with E-state index in [2.05, 4.69) is 12.2 Å². The lowest BCUT2D eigenvalue weighted by molar-refractivity contribution is 0.258. The highest BCUT2D eigenvalue weighted by molar-refractivity contribution is 4.85. The molecule has 0 aromatic heterocycles. The van der Waals surface area contributed by atoms with E-state index >= 15 is 0 Å². The van der Waals surface area contributed by atoms with Crippen molar-refractivity contribution < 1.29 is 0 Å². The summed E-state index contributed by atoms with van der Waals surface area (Å²) in [6, 6.07) is 1.65. The van der Waals surface area contributed by atoms with E-state index in [-0.39, 0.29) is 0 Å². The second kappa shape index (κ2) is 3.78. The molecule has 0 unspecified atom stereocenters. The van der Waals surface area contributed by atoms with E-state index in [0.29, 0.717) is 0 Å². The average molecular weight is 167 g/mol. The van der Waals surface area contributed by atoms with Crippen molar-refractivity contribution in [2.45, 2.75) is 64.0 Å². The summed E-state index contributed by atoms with van der Waals surface area (Å²) >= 11 is 0. The molecule has 1 saturated heterocycles. The normalized spacial score (nSPS) is 38.8. The summed E-state index contributed by atoms with van der Waals surface area (Å²) in [7, 11) is 0. The summed E-state index contributed by atoms with van der Waals surface area (Å²) in [5.41, 5.74) is 0. The van der Waals surface area contributed by atoms with E-state index in [0.717, 1.165) is 18.0 Å². The van der Waals surface area contributed by atoms with Gasteiger partial charge in [0.25, 0.3) is 0 Å². The van der Waals surface area contributed by atoms with Gasteiger partial charge in [0.05, 0.1) is 0 Å². The molecule has 2 aliphatic rings. The minimum atomic E-state index is 0.782. The minimum Gasteiger partial charge on any atom is -0.311 e. The van der Waals surface area contributed by atoms with Gasteiger partial charge in [-0.25, -0.2) is 0 Å². The van der Waals surface area contributed by atoms with Crippen LogP contribution < -0.4 is 5.32 Å². The molecular formula is C11H21N. The third-order valence-electron chi connectivity index (χ3n) is 3.62. The smallest absolute Gasteiger partial charge is 0.00978 e. The maximum Gasteiger partial charge on any atom is 0.00978 e. The van der Waals surface area contributed by atoms with Gasteiger partial charge in [-0.3, -0.25) is 0 Å². The molecule has 0 bridgehead atoms. The lowest BCUT2D eigenvalue weighted by Gasteiger charge is -2.32. The molecule has 12 heavy (non-hydrogen) atoms. The highest BCUT2D eigenvalue weighted by Gasteiger charge is 2.27. The molecule has 1 aliphatic carbocycles. The fourth-order valence-electron chi connectivity index (χ4n) is 2.91.